The molecule has 0 atom stereocenters. The molecule has 230 valence electrons. The molecule has 0 saturated heterocycles. The standard InChI is InChI=1S/C45H25N5/c1-48-45-33(15-10-20-44(45)50-42-19-9-5-14-37(42)38-25-29(27-46)21-24-43(38)50)30-22-23-32(31(26-30)28-47)34-11-2-6-16-39(34)49-40-17-7-3-12-35(40)36-13-4-8-18-41(36)49/h2-26H. The molecule has 5 heteroatoms. The van der Waals surface area contributed by atoms with E-state index < -0.39 is 0 Å². The highest BCUT2D eigenvalue weighted by Gasteiger charge is 2.20. The van der Waals surface area contributed by atoms with Crippen molar-refractivity contribution in [2.24, 2.45) is 0 Å². The molecule has 9 rings (SSSR count). The predicted octanol–water partition coefficient (Wildman–Crippen LogP) is 11.5. The van der Waals surface area contributed by atoms with Gasteiger partial charge in [0.15, 0.2) is 0 Å². The molecule has 0 unspecified atom stereocenters. The molecule has 0 bridgehead atoms. The second-order valence-corrected chi connectivity index (χ2v) is 12.2. The molecule has 0 saturated carbocycles. The number of hydrogen-bond donors (Lipinski definition) is 0. The van der Waals surface area contributed by atoms with Crippen molar-refractivity contribution in [2.75, 3.05) is 0 Å². The molecule has 50 heavy (non-hydrogen) atoms. The van der Waals surface area contributed by atoms with Gasteiger partial charge < -0.3 is 9.13 Å². The highest BCUT2D eigenvalue weighted by Crippen LogP contribution is 2.43. The number of benzene rings is 7. The third kappa shape index (κ3) is 4.24. The summed E-state index contributed by atoms with van der Waals surface area (Å²) in [5.41, 5.74) is 10.7. The molecule has 9 aromatic rings. The fraction of sp³-hybridized carbons (Fsp3) is 0. The summed E-state index contributed by atoms with van der Waals surface area (Å²) in [6, 6.07) is 55.3. The van der Waals surface area contributed by atoms with E-state index in [2.05, 4.69) is 86.8 Å². The first kappa shape index (κ1) is 28.8. The number of hydrogen-bond acceptors (Lipinski definition) is 2. The lowest BCUT2D eigenvalue weighted by atomic mass is 9.93. The first-order valence-corrected chi connectivity index (χ1v) is 16.3. The molecule has 0 fully saturated rings. The summed E-state index contributed by atoms with van der Waals surface area (Å²) in [4.78, 5) is 4.08. The zero-order valence-corrected chi connectivity index (χ0v) is 26.7. The second kappa shape index (κ2) is 11.4. The van der Waals surface area contributed by atoms with Crippen molar-refractivity contribution in [2.45, 2.75) is 0 Å². The Bertz CT molecular complexity index is 2920. The summed E-state index contributed by atoms with van der Waals surface area (Å²) >= 11 is 0. The van der Waals surface area contributed by atoms with Gasteiger partial charge in [-0.15, -0.1) is 0 Å². The second-order valence-electron chi connectivity index (χ2n) is 12.2. The SMILES string of the molecule is [C-]#[N+]c1c(-c2ccc(-c3ccccc3-n3c4ccccc4c4ccccc43)c(C#N)c2)cccc1-n1c2ccccc2c2cc(C#N)ccc21. The molecule has 0 radical (unpaired) electrons. The summed E-state index contributed by atoms with van der Waals surface area (Å²) in [6.45, 7) is 8.37. The molecule has 5 nitrogen and oxygen atoms in total. The number of para-hydroxylation sites is 5. The molecule has 0 amide bonds. The van der Waals surface area contributed by atoms with Crippen molar-refractivity contribution in [1.29, 1.82) is 10.5 Å². The van der Waals surface area contributed by atoms with Gasteiger partial charge in [-0.05, 0) is 65.7 Å². The summed E-state index contributed by atoms with van der Waals surface area (Å²) in [5.74, 6) is 0. The molecular formula is C45H25N5. The van der Waals surface area contributed by atoms with Crippen molar-refractivity contribution < 1.29 is 0 Å². The average molecular weight is 636 g/mol. The van der Waals surface area contributed by atoms with Crippen LogP contribution in [0.3, 0.4) is 0 Å². The molecule has 0 N–H and O–H groups in total. The van der Waals surface area contributed by atoms with E-state index in [0.29, 0.717) is 16.8 Å². The van der Waals surface area contributed by atoms with E-state index in [-0.39, 0.29) is 0 Å². The summed E-state index contributed by atoms with van der Waals surface area (Å²) in [6.07, 6.45) is 0. The van der Waals surface area contributed by atoms with E-state index >= 15 is 0 Å². The molecule has 0 spiro atoms. The van der Waals surface area contributed by atoms with Gasteiger partial charge in [-0.25, -0.2) is 4.85 Å². The smallest absolute Gasteiger partial charge is 0.218 e. The lowest BCUT2D eigenvalue weighted by Crippen LogP contribution is -1.98. The van der Waals surface area contributed by atoms with Gasteiger partial charge in [-0.3, -0.25) is 0 Å². The Hall–Kier alpha value is -7.39. The monoisotopic (exact) mass is 635 g/mol. The van der Waals surface area contributed by atoms with E-state index in [0.717, 1.165) is 66.5 Å². The van der Waals surface area contributed by atoms with Crippen LogP contribution in [0.25, 0.3) is 82.1 Å². The van der Waals surface area contributed by atoms with E-state index in [4.69, 9.17) is 6.57 Å². The first-order chi connectivity index (χ1) is 24.7. The summed E-state index contributed by atoms with van der Waals surface area (Å²) in [5, 5.41) is 24.5. The van der Waals surface area contributed by atoms with Crippen LogP contribution in [0, 0.1) is 29.2 Å². The van der Waals surface area contributed by atoms with Gasteiger partial charge in [0.05, 0.1) is 63.3 Å². The van der Waals surface area contributed by atoms with Crippen molar-refractivity contribution in [3.63, 3.8) is 0 Å². The van der Waals surface area contributed by atoms with Gasteiger partial charge in [0.1, 0.15) is 0 Å². The van der Waals surface area contributed by atoms with Gasteiger partial charge >= 0.3 is 0 Å². The number of rotatable bonds is 4. The van der Waals surface area contributed by atoms with E-state index in [9.17, 15) is 10.5 Å². The maximum absolute atomic E-state index is 10.6. The molecule has 0 aliphatic rings. The topological polar surface area (TPSA) is 61.8 Å². The van der Waals surface area contributed by atoms with Crippen LogP contribution in [0.4, 0.5) is 5.69 Å². The zero-order valence-electron chi connectivity index (χ0n) is 26.7. The third-order valence-electron chi connectivity index (χ3n) is 9.64. The summed E-state index contributed by atoms with van der Waals surface area (Å²) < 4.78 is 4.38. The van der Waals surface area contributed by atoms with Crippen LogP contribution in [0.5, 0.6) is 0 Å². The molecular weight excluding hydrogens is 611 g/mol. The molecule has 2 aromatic heterocycles. The van der Waals surface area contributed by atoms with Crippen molar-refractivity contribution >= 4 is 49.3 Å². The quantitative estimate of drug-likeness (QED) is 0.181. The Kier molecular flexibility index (Phi) is 6.56. The fourth-order valence-corrected chi connectivity index (χ4v) is 7.48. The third-order valence-corrected chi connectivity index (χ3v) is 9.64. The maximum atomic E-state index is 10.6. The van der Waals surface area contributed by atoms with Crippen LogP contribution in [0.1, 0.15) is 11.1 Å². The molecule has 2 heterocycles. The van der Waals surface area contributed by atoms with Gasteiger partial charge in [-0.1, -0.05) is 97.1 Å². The highest BCUT2D eigenvalue weighted by molar-refractivity contribution is 6.11. The van der Waals surface area contributed by atoms with Crippen molar-refractivity contribution in [3.05, 3.63) is 174 Å². The minimum absolute atomic E-state index is 0.488. The Morgan fingerprint density at radius 2 is 1.02 bits per heavy atom. The van der Waals surface area contributed by atoms with Crippen LogP contribution >= 0.6 is 0 Å². The van der Waals surface area contributed by atoms with Crippen LogP contribution in [-0.2, 0) is 0 Å². The Labute approximate surface area is 288 Å². The predicted molar refractivity (Wildman–Crippen MR) is 202 cm³/mol. The van der Waals surface area contributed by atoms with Crippen LogP contribution in [0.15, 0.2) is 152 Å². The summed E-state index contributed by atoms with van der Waals surface area (Å²) in [7, 11) is 0. The van der Waals surface area contributed by atoms with Gasteiger partial charge in [0.2, 0.25) is 5.69 Å². The molecule has 0 aliphatic heterocycles. The largest absolute Gasteiger partial charge is 0.319 e. The lowest BCUT2D eigenvalue weighted by Gasteiger charge is -2.17. The number of nitrogens with zero attached hydrogens (tertiary/aromatic N) is 5. The van der Waals surface area contributed by atoms with Gasteiger partial charge in [-0.2, -0.15) is 10.5 Å². The average Bonchev–Trinajstić information content (AvgIpc) is 3.69. The van der Waals surface area contributed by atoms with Crippen LogP contribution in [-0.4, -0.2) is 9.13 Å². The minimum Gasteiger partial charge on any atom is -0.319 e. The number of nitriles is 2. The maximum Gasteiger partial charge on any atom is 0.218 e. The Balaban J connectivity index is 1.23. The van der Waals surface area contributed by atoms with Crippen LogP contribution < -0.4 is 0 Å². The molecule has 0 aliphatic carbocycles. The Morgan fingerprint density at radius 3 is 1.68 bits per heavy atom. The normalized spacial score (nSPS) is 11.1. The first-order valence-electron chi connectivity index (χ1n) is 16.3. The molecule has 7 aromatic carbocycles. The van der Waals surface area contributed by atoms with Gasteiger partial charge in [0, 0.05) is 32.7 Å². The fourth-order valence-electron chi connectivity index (χ4n) is 7.48. The highest BCUT2D eigenvalue weighted by atomic mass is 15.0. The minimum atomic E-state index is 0.488. The number of aromatic nitrogens is 2. The number of fused-ring (bicyclic) bond motifs is 6. The van der Waals surface area contributed by atoms with E-state index in [1.165, 1.54) is 10.8 Å². The van der Waals surface area contributed by atoms with E-state index in [1.54, 1.807) is 0 Å². The van der Waals surface area contributed by atoms with Gasteiger partial charge in [0.25, 0.3) is 0 Å². The Morgan fingerprint density at radius 1 is 0.460 bits per heavy atom. The van der Waals surface area contributed by atoms with Crippen molar-refractivity contribution in [3.8, 4) is 45.8 Å². The lowest BCUT2D eigenvalue weighted by molar-refractivity contribution is 1.18. The van der Waals surface area contributed by atoms with Crippen molar-refractivity contribution in [1.82, 2.24) is 9.13 Å². The van der Waals surface area contributed by atoms with E-state index in [1.807, 2.05) is 91.0 Å². The van der Waals surface area contributed by atoms with Crippen LogP contribution in [0.2, 0.25) is 0 Å². The zero-order chi connectivity index (χ0) is 33.8.